The number of hydrogen-bond donors (Lipinski definition) is 1. The maximum atomic E-state index is 11.1. The van der Waals surface area contributed by atoms with Crippen LogP contribution in [0.15, 0.2) is 72.3 Å². The van der Waals surface area contributed by atoms with Crippen molar-refractivity contribution in [3.8, 4) is 0 Å². The Hall–Kier alpha value is -1.94. The fourth-order valence-corrected chi connectivity index (χ4v) is 12.7. The number of aliphatic hydroxyl groups is 1. The summed E-state index contributed by atoms with van der Waals surface area (Å²) in [5.41, 5.74) is 5.12. The second kappa shape index (κ2) is 11.8. The van der Waals surface area contributed by atoms with Crippen molar-refractivity contribution < 1.29 is 14.6 Å². The number of fused-ring (bicyclic) bond motifs is 7. The van der Waals surface area contributed by atoms with Gasteiger partial charge >= 0.3 is 0 Å². The zero-order chi connectivity index (χ0) is 33.3. The Balaban J connectivity index is 1.17. The van der Waals surface area contributed by atoms with Crippen molar-refractivity contribution in [1.29, 1.82) is 0 Å². The van der Waals surface area contributed by atoms with Crippen molar-refractivity contribution in [3.63, 3.8) is 0 Å². The molecular formula is C44H62O3. The molecule has 1 unspecified atom stereocenters. The van der Waals surface area contributed by atoms with E-state index >= 15 is 0 Å². The third-order valence-corrected chi connectivity index (χ3v) is 15.8. The van der Waals surface area contributed by atoms with E-state index in [1.165, 1.54) is 56.1 Å². The normalized spacial score (nSPS) is 43.9. The fourth-order valence-electron chi connectivity index (χ4n) is 12.7. The van der Waals surface area contributed by atoms with Crippen LogP contribution in [0.25, 0.3) is 0 Å². The van der Waals surface area contributed by atoms with E-state index in [4.69, 9.17) is 9.47 Å². The lowest BCUT2D eigenvalue weighted by Gasteiger charge is -2.72. The van der Waals surface area contributed by atoms with E-state index in [0.29, 0.717) is 31.0 Å². The molecule has 3 nitrogen and oxygen atoms in total. The van der Waals surface area contributed by atoms with E-state index in [0.717, 1.165) is 12.8 Å². The molecule has 5 aliphatic carbocycles. The van der Waals surface area contributed by atoms with Gasteiger partial charge in [-0.2, -0.15) is 0 Å². The molecule has 10 atom stereocenters. The molecule has 3 heteroatoms. The number of rotatable bonds is 7. The van der Waals surface area contributed by atoms with Crippen molar-refractivity contribution >= 4 is 0 Å². The van der Waals surface area contributed by atoms with E-state index in [1.807, 2.05) is 0 Å². The molecule has 2 aromatic rings. The summed E-state index contributed by atoms with van der Waals surface area (Å²) in [6, 6.07) is 21.3. The van der Waals surface area contributed by atoms with Crippen LogP contribution in [0.3, 0.4) is 0 Å². The van der Waals surface area contributed by atoms with Gasteiger partial charge in [-0.1, -0.05) is 121 Å². The van der Waals surface area contributed by atoms with Gasteiger partial charge in [-0.15, -0.1) is 0 Å². The van der Waals surface area contributed by atoms with Crippen LogP contribution in [0.5, 0.6) is 0 Å². The summed E-state index contributed by atoms with van der Waals surface area (Å²) < 4.78 is 13.6. The van der Waals surface area contributed by atoms with Gasteiger partial charge in [0.2, 0.25) is 0 Å². The van der Waals surface area contributed by atoms with Gasteiger partial charge in [-0.25, -0.2) is 0 Å². The molecule has 1 N–H and O–H groups in total. The number of ether oxygens (including phenoxy) is 2. The summed E-state index contributed by atoms with van der Waals surface area (Å²) in [6.07, 6.45) is 13.9. The first-order valence-corrected chi connectivity index (χ1v) is 18.9. The molecule has 7 rings (SSSR count). The lowest BCUT2D eigenvalue weighted by molar-refractivity contribution is -0.229. The van der Waals surface area contributed by atoms with Crippen molar-refractivity contribution in [2.75, 3.05) is 6.61 Å². The van der Waals surface area contributed by atoms with Crippen LogP contribution in [0.1, 0.15) is 117 Å². The summed E-state index contributed by atoms with van der Waals surface area (Å²) in [4.78, 5) is 0. The first-order valence-electron chi connectivity index (χ1n) is 18.9. The average molecular weight is 639 g/mol. The monoisotopic (exact) mass is 638 g/mol. The highest BCUT2D eigenvalue weighted by atomic mass is 16.5. The largest absolute Gasteiger partial charge is 0.396 e. The van der Waals surface area contributed by atoms with Crippen LogP contribution in [-0.4, -0.2) is 23.9 Å². The Morgan fingerprint density at radius 2 is 1.28 bits per heavy atom. The predicted octanol–water partition coefficient (Wildman–Crippen LogP) is 10.6. The molecule has 5 aliphatic rings. The van der Waals surface area contributed by atoms with E-state index in [-0.39, 0.29) is 51.3 Å². The zero-order valence-electron chi connectivity index (χ0n) is 30.5. The number of allylic oxidation sites excluding steroid dienone is 2. The number of benzene rings is 2. The molecule has 0 saturated heterocycles. The van der Waals surface area contributed by atoms with E-state index in [9.17, 15) is 5.11 Å². The fraction of sp³-hybridized carbons (Fsp3) is 0.682. The summed E-state index contributed by atoms with van der Waals surface area (Å²) in [5, 5.41) is 11.1. The maximum Gasteiger partial charge on any atom is 0.0720 e. The van der Waals surface area contributed by atoms with E-state index in [2.05, 4.69) is 115 Å². The minimum atomic E-state index is -0.226. The first-order chi connectivity index (χ1) is 22.3. The number of aliphatic hydroxyl groups excluding tert-OH is 1. The van der Waals surface area contributed by atoms with E-state index in [1.54, 1.807) is 5.57 Å². The van der Waals surface area contributed by atoms with Gasteiger partial charge in [0.1, 0.15) is 0 Å². The van der Waals surface area contributed by atoms with Crippen LogP contribution in [0.2, 0.25) is 0 Å². The second-order valence-corrected chi connectivity index (χ2v) is 18.7. The van der Waals surface area contributed by atoms with Crippen LogP contribution in [-0.2, 0) is 22.7 Å². The smallest absolute Gasteiger partial charge is 0.0720 e. The van der Waals surface area contributed by atoms with Crippen molar-refractivity contribution in [1.82, 2.24) is 0 Å². The van der Waals surface area contributed by atoms with Gasteiger partial charge in [0.05, 0.1) is 32.0 Å². The Labute approximate surface area is 285 Å². The topological polar surface area (TPSA) is 38.7 Å². The van der Waals surface area contributed by atoms with Gasteiger partial charge in [-0.3, -0.25) is 0 Å². The summed E-state index contributed by atoms with van der Waals surface area (Å²) in [5.74, 6) is 1.65. The quantitative estimate of drug-likeness (QED) is 0.307. The lowest BCUT2D eigenvalue weighted by atomic mass is 9.33. The summed E-state index contributed by atoms with van der Waals surface area (Å²) >= 11 is 0. The second-order valence-electron chi connectivity index (χ2n) is 18.7. The molecular weight excluding hydrogens is 576 g/mol. The highest BCUT2D eigenvalue weighted by Gasteiger charge is 2.69. The standard InChI is InChI=1S/C44H62O3/c1-39(2)26-34-33-18-19-36-41(4)22-21-37(46-28-31-14-10-8-11-15-31)42(5,30-45)35(41)20-23-44(36,7)43(33,6)25-24-40(34,3)38(27-39)47-29-32-16-12-9-13-17-32/h8-18,34-38,45H,19-30H2,1-7H3/t34-,35?,36+,37-,38+,40+,41-,42+,43+,44+/m0/s1. The highest BCUT2D eigenvalue weighted by Crippen LogP contribution is 2.76. The molecule has 0 aromatic heterocycles. The molecule has 0 bridgehead atoms. The minimum absolute atomic E-state index is 0.0908. The SMILES string of the molecule is CC1(C)C[C@@H](OCc2ccccc2)[C@]2(C)CC[C@]3(C)C(=CC[C@@H]4[C@@]5(C)CC[C@H](OCc6ccccc6)[C@](C)(CO)C5CC[C@]43C)[C@@H]2C1. The molecule has 0 amide bonds. The molecule has 0 aliphatic heterocycles. The average Bonchev–Trinajstić information content (AvgIpc) is 3.05. The Morgan fingerprint density at radius 1 is 0.660 bits per heavy atom. The highest BCUT2D eigenvalue weighted by molar-refractivity contribution is 5.34. The predicted molar refractivity (Wildman–Crippen MR) is 192 cm³/mol. The molecule has 0 spiro atoms. The summed E-state index contributed by atoms with van der Waals surface area (Å²) in [7, 11) is 0. The minimum Gasteiger partial charge on any atom is -0.396 e. The van der Waals surface area contributed by atoms with Gasteiger partial charge in [-0.05, 0) is 108 Å². The van der Waals surface area contributed by atoms with Crippen LogP contribution >= 0.6 is 0 Å². The molecule has 256 valence electrons. The van der Waals surface area contributed by atoms with Gasteiger partial charge in [0.15, 0.2) is 0 Å². The zero-order valence-corrected chi connectivity index (χ0v) is 30.5. The van der Waals surface area contributed by atoms with Gasteiger partial charge in [0, 0.05) is 10.8 Å². The van der Waals surface area contributed by atoms with Crippen molar-refractivity contribution in [2.24, 2.45) is 50.2 Å². The first kappa shape index (κ1) is 33.6. The molecule has 4 fully saturated rings. The van der Waals surface area contributed by atoms with Crippen molar-refractivity contribution in [3.05, 3.63) is 83.4 Å². The number of hydrogen-bond acceptors (Lipinski definition) is 3. The molecule has 0 heterocycles. The third-order valence-electron chi connectivity index (χ3n) is 15.8. The Bertz CT molecular complexity index is 1450. The summed E-state index contributed by atoms with van der Waals surface area (Å²) in [6.45, 7) is 19.4. The van der Waals surface area contributed by atoms with E-state index < -0.39 is 0 Å². The van der Waals surface area contributed by atoms with Crippen LogP contribution in [0, 0.1) is 50.2 Å². The van der Waals surface area contributed by atoms with Crippen molar-refractivity contribution in [2.45, 2.75) is 132 Å². The molecule has 47 heavy (non-hydrogen) atoms. The van der Waals surface area contributed by atoms with Crippen LogP contribution < -0.4 is 0 Å². The third kappa shape index (κ3) is 5.23. The molecule has 4 saturated carbocycles. The van der Waals surface area contributed by atoms with Gasteiger partial charge in [0.25, 0.3) is 0 Å². The maximum absolute atomic E-state index is 11.1. The Kier molecular flexibility index (Phi) is 8.45. The van der Waals surface area contributed by atoms with Gasteiger partial charge < -0.3 is 14.6 Å². The molecule has 0 radical (unpaired) electrons. The molecule has 2 aromatic carbocycles. The Morgan fingerprint density at radius 3 is 1.89 bits per heavy atom. The lowest BCUT2D eigenvalue weighted by Crippen LogP contribution is -2.66. The van der Waals surface area contributed by atoms with Crippen LogP contribution in [0.4, 0.5) is 0 Å².